The quantitative estimate of drug-likeness (QED) is 0.736. The van der Waals surface area contributed by atoms with Gasteiger partial charge < -0.3 is 4.98 Å². The summed E-state index contributed by atoms with van der Waals surface area (Å²) in [6.45, 7) is 6.11. The Balaban J connectivity index is 1.66. The molecular weight excluding hydrogens is 364 g/mol. The fourth-order valence-electron chi connectivity index (χ4n) is 4.99. The van der Waals surface area contributed by atoms with Gasteiger partial charge in [-0.3, -0.25) is 9.69 Å². The van der Waals surface area contributed by atoms with Gasteiger partial charge in [-0.05, 0) is 97.8 Å². The molecule has 1 aliphatic carbocycles. The highest BCUT2D eigenvalue weighted by Crippen LogP contribution is 2.35. The first-order valence-corrected chi connectivity index (χ1v) is 10.8. The predicted octanol–water partition coefficient (Wildman–Crippen LogP) is 3.43. The molecule has 2 aliphatic rings. The minimum absolute atomic E-state index is 0.0429. The van der Waals surface area contributed by atoms with Crippen LogP contribution in [0.2, 0.25) is 0 Å². The number of hydrogen-bond donors (Lipinski definition) is 1. The summed E-state index contributed by atoms with van der Waals surface area (Å²) in [6, 6.07) is 6.41. The fraction of sp³-hybridized carbons (Fsp3) is 0.545. The van der Waals surface area contributed by atoms with Crippen molar-refractivity contribution >= 4 is 10.9 Å². The van der Waals surface area contributed by atoms with Gasteiger partial charge in [0.2, 0.25) is 0 Å². The number of rotatable bonds is 4. The molecule has 1 N–H and O–H groups in total. The topological polar surface area (TPSA) is 79.7 Å². The largest absolute Gasteiger partial charge is 0.322 e. The number of likely N-dealkylation sites (tertiary alicyclic amines) is 1. The van der Waals surface area contributed by atoms with Gasteiger partial charge in [0, 0.05) is 11.1 Å². The second-order valence-electron chi connectivity index (χ2n) is 8.64. The van der Waals surface area contributed by atoms with Gasteiger partial charge in [-0.15, -0.1) is 5.10 Å². The van der Waals surface area contributed by atoms with E-state index in [0.29, 0.717) is 6.04 Å². The fourth-order valence-corrected chi connectivity index (χ4v) is 4.99. The summed E-state index contributed by atoms with van der Waals surface area (Å²) in [5.74, 6) is 0.812. The van der Waals surface area contributed by atoms with Crippen molar-refractivity contribution in [2.24, 2.45) is 0 Å². The Labute approximate surface area is 170 Å². The molecule has 0 amide bonds. The number of fused-ring (bicyclic) bond motifs is 1. The van der Waals surface area contributed by atoms with Crippen LogP contribution in [0.4, 0.5) is 0 Å². The standard InChI is InChI=1S/C22H28N6O/c1-14-11-16-13-18(22(29)23-19(16)12-15(14)2)20(27-9-5-6-10-27)21-24-25-26-28(21)17-7-3-4-8-17/h11-13,17,20H,3-10H2,1-2H3,(H,23,29)/t20-/m0/s1. The van der Waals surface area contributed by atoms with Crippen LogP contribution in [0.3, 0.4) is 0 Å². The first-order valence-electron chi connectivity index (χ1n) is 10.8. The van der Waals surface area contributed by atoms with Crippen molar-refractivity contribution in [2.45, 2.75) is 64.5 Å². The maximum atomic E-state index is 13.2. The molecule has 2 aromatic heterocycles. The predicted molar refractivity (Wildman–Crippen MR) is 112 cm³/mol. The molecule has 2 fully saturated rings. The zero-order valence-electron chi connectivity index (χ0n) is 17.2. The van der Waals surface area contributed by atoms with E-state index in [1.807, 2.05) is 4.68 Å². The van der Waals surface area contributed by atoms with Crippen LogP contribution in [0, 0.1) is 13.8 Å². The number of tetrazole rings is 1. The lowest BCUT2D eigenvalue weighted by atomic mass is 10.0. The van der Waals surface area contributed by atoms with E-state index in [1.54, 1.807) is 0 Å². The number of benzene rings is 1. The lowest BCUT2D eigenvalue weighted by molar-refractivity contribution is 0.256. The van der Waals surface area contributed by atoms with Gasteiger partial charge in [-0.2, -0.15) is 0 Å². The second-order valence-corrected chi connectivity index (χ2v) is 8.64. The minimum Gasteiger partial charge on any atom is -0.322 e. The van der Waals surface area contributed by atoms with Crippen molar-refractivity contribution in [3.8, 4) is 0 Å². The van der Waals surface area contributed by atoms with Crippen molar-refractivity contribution < 1.29 is 0 Å². The molecule has 0 bridgehead atoms. The van der Waals surface area contributed by atoms with Gasteiger partial charge >= 0.3 is 0 Å². The highest BCUT2D eigenvalue weighted by Gasteiger charge is 2.34. The van der Waals surface area contributed by atoms with E-state index >= 15 is 0 Å². The third-order valence-corrected chi connectivity index (χ3v) is 6.72. The monoisotopic (exact) mass is 392 g/mol. The molecule has 1 saturated carbocycles. The lowest BCUT2D eigenvalue weighted by Gasteiger charge is -2.27. The van der Waals surface area contributed by atoms with Crippen LogP contribution in [-0.4, -0.2) is 43.2 Å². The van der Waals surface area contributed by atoms with Crippen molar-refractivity contribution in [3.63, 3.8) is 0 Å². The Bertz CT molecular complexity index is 1090. The number of H-pyrrole nitrogens is 1. The zero-order valence-corrected chi connectivity index (χ0v) is 17.2. The molecule has 0 unspecified atom stereocenters. The molecular formula is C22H28N6O. The summed E-state index contributed by atoms with van der Waals surface area (Å²) in [6.07, 6.45) is 6.94. The van der Waals surface area contributed by atoms with Gasteiger partial charge in [-0.25, -0.2) is 4.68 Å². The van der Waals surface area contributed by atoms with Crippen LogP contribution in [-0.2, 0) is 0 Å². The number of aryl methyl sites for hydroxylation is 2. The molecule has 7 heteroatoms. The molecule has 7 nitrogen and oxygen atoms in total. The van der Waals surface area contributed by atoms with E-state index in [2.05, 4.69) is 57.5 Å². The number of nitrogens with one attached hydrogen (secondary N) is 1. The molecule has 0 radical (unpaired) electrons. The van der Waals surface area contributed by atoms with E-state index in [9.17, 15) is 4.79 Å². The van der Waals surface area contributed by atoms with Gasteiger partial charge in [0.1, 0.15) is 6.04 Å². The highest BCUT2D eigenvalue weighted by molar-refractivity contribution is 5.81. The van der Waals surface area contributed by atoms with E-state index in [4.69, 9.17) is 0 Å². The van der Waals surface area contributed by atoms with E-state index in [1.165, 1.54) is 24.0 Å². The van der Waals surface area contributed by atoms with Crippen LogP contribution in [0.1, 0.15) is 73.1 Å². The summed E-state index contributed by atoms with van der Waals surface area (Å²) < 4.78 is 2.00. The van der Waals surface area contributed by atoms with Crippen LogP contribution in [0.5, 0.6) is 0 Å². The zero-order chi connectivity index (χ0) is 20.0. The van der Waals surface area contributed by atoms with Crippen LogP contribution < -0.4 is 5.56 Å². The Kier molecular flexibility index (Phi) is 4.70. The number of aromatic nitrogens is 5. The van der Waals surface area contributed by atoms with Crippen molar-refractivity contribution in [3.05, 3.63) is 51.1 Å². The normalized spacial score (nSPS) is 19.4. The SMILES string of the molecule is Cc1cc2cc([C@@H](c3nnnn3C3CCCC3)N3CCCC3)c(=O)[nH]c2cc1C. The van der Waals surface area contributed by atoms with Gasteiger partial charge in [0.05, 0.1) is 6.04 Å². The Morgan fingerprint density at radius 2 is 1.76 bits per heavy atom. The molecule has 1 aromatic carbocycles. The van der Waals surface area contributed by atoms with Gasteiger partial charge in [0.15, 0.2) is 5.82 Å². The number of nitrogens with zero attached hydrogens (tertiary/aromatic N) is 5. The summed E-state index contributed by atoms with van der Waals surface area (Å²) in [5.41, 5.74) is 4.00. The number of aromatic amines is 1. The summed E-state index contributed by atoms with van der Waals surface area (Å²) in [5, 5.41) is 13.9. The summed E-state index contributed by atoms with van der Waals surface area (Å²) in [4.78, 5) is 18.7. The first kappa shape index (κ1) is 18.5. The molecule has 3 aromatic rings. The second kappa shape index (κ2) is 7.37. The van der Waals surface area contributed by atoms with Crippen molar-refractivity contribution in [1.29, 1.82) is 0 Å². The number of hydrogen-bond acceptors (Lipinski definition) is 5. The van der Waals surface area contributed by atoms with E-state index in [-0.39, 0.29) is 11.6 Å². The van der Waals surface area contributed by atoms with E-state index < -0.39 is 0 Å². The average Bonchev–Trinajstić information content (AvgIpc) is 3.46. The minimum atomic E-state index is -0.206. The van der Waals surface area contributed by atoms with E-state index in [0.717, 1.165) is 61.1 Å². The highest BCUT2D eigenvalue weighted by atomic mass is 16.1. The van der Waals surface area contributed by atoms with Gasteiger partial charge in [0.25, 0.3) is 5.56 Å². The van der Waals surface area contributed by atoms with Gasteiger partial charge in [-0.1, -0.05) is 12.8 Å². The first-order chi connectivity index (χ1) is 14.1. The lowest BCUT2D eigenvalue weighted by Crippen LogP contribution is -2.34. The van der Waals surface area contributed by atoms with Crippen molar-refractivity contribution in [2.75, 3.05) is 13.1 Å². The maximum absolute atomic E-state index is 13.2. The molecule has 1 saturated heterocycles. The molecule has 152 valence electrons. The molecule has 0 spiro atoms. The smallest absolute Gasteiger partial charge is 0.253 e. The molecule has 5 rings (SSSR count). The molecule has 1 atom stereocenters. The summed E-state index contributed by atoms with van der Waals surface area (Å²) >= 11 is 0. The van der Waals surface area contributed by atoms with Crippen LogP contribution in [0.15, 0.2) is 23.0 Å². The molecule has 3 heterocycles. The van der Waals surface area contributed by atoms with Crippen LogP contribution >= 0.6 is 0 Å². The Morgan fingerprint density at radius 3 is 2.52 bits per heavy atom. The molecule has 1 aliphatic heterocycles. The average molecular weight is 393 g/mol. The third kappa shape index (κ3) is 3.27. The third-order valence-electron chi connectivity index (χ3n) is 6.72. The van der Waals surface area contributed by atoms with Crippen molar-refractivity contribution in [1.82, 2.24) is 30.1 Å². The summed E-state index contributed by atoms with van der Waals surface area (Å²) in [7, 11) is 0. The Morgan fingerprint density at radius 1 is 1.03 bits per heavy atom. The number of pyridine rings is 1. The molecule has 29 heavy (non-hydrogen) atoms. The maximum Gasteiger partial charge on any atom is 0.253 e. The Hall–Kier alpha value is -2.54. The van der Waals surface area contributed by atoms with Crippen LogP contribution in [0.25, 0.3) is 10.9 Å².